The second-order valence-corrected chi connectivity index (χ2v) is 11.1. The fraction of sp³-hybridized carbons (Fsp3) is 0.968. The molecule has 1 atom stereocenters. The molecule has 0 aliphatic heterocycles. The van der Waals surface area contributed by atoms with Gasteiger partial charge >= 0.3 is 5.97 Å². The largest absolute Gasteiger partial charge is 0.462 e. The van der Waals surface area contributed by atoms with Crippen molar-refractivity contribution in [2.24, 2.45) is 5.92 Å². The van der Waals surface area contributed by atoms with Gasteiger partial charge < -0.3 is 4.74 Å². The summed E-state index contributed by atoms with van der Waals surface area (Å²) in [5, 5.41) is 0. The van der Waals surface area contributed by atoms with Gasteiger partial charge in [-0.25, -0.2) is 0 Å². The zero-order chi connectivity index (χ0) is 23.8. The van der Waals surface area contributed by atoms with Gasteiger partial charge in [-0.15, -0.1) is 0 Å². The maximum Gasteiger partial charge on any atom is 0.306 e. The van der Waals surface area contributed by atoms with Crippen LogP contribution in [0.1, 0.15) is 181 Å². The van der Waals surface area contributed by atoms with Gasteiger partial charge in [0, 0.05) is 6.42 Å². The highest BCUT2D eigenvalue weighted by molar-refractivity contribution is 5.69. The van der Waals surface area contributed by atoms with Crippen molar-refractivity contribution < 1.29 is 9.53 Å². The van der Waals surface area contributed by atoms with Gasteiger partial charge in [0.05, 0.1) is 0 Å². The van der Waals surface area contributed by atoms with Crippen LogP contribution in [0, 0.1) is 5.92 Å². The number of esters is 1. The molecule has 2 heteroatoms. The first-order chi connectivity index (χ1) is 16.3. The molecule has 0 aromatic heterocycles. The van der Waals surface area contributed by atoms with Crippen LogP contribution in [0.2, 0.25) is 0 Å². The Morgan fingerprint density at radius 1 is 0.606 bits per heavy atom. The molecule has 0 bridgehead atoms. The van der Waals surface area contributed by atoms with E-state index in [2.05, 4.69) is 13.8 Å². The van der Waals surface area contributed by atoms with Gasteiger partial charge in [0.25, 0.3) is 0 Å². The van der Waals surface area contributed by atoms with E-state index in [1.54, 1.807) is 0 Å². The molecule has 0 aromatic carbocycles. The van der Waals surface area contributed by atoms with Crippen LogP contribution in [0.25, 0.3) is 0 Å². The number of unbranched alkanes of at least 4 members (excludes halogenated alkanes) is 16. The number of carbonyl (C=O) groups excluding carboxylic acids is 1. The Bertz CT molecular complexity index is 413. The molecule has 0 spiro atoms. The molecule has 1 aliphatic rings. The van der Waals surface area contributed by atoms with Crippen molar-refractivity contribution >= 4 is 5.97 Å². The van der Waals surface area contributed by atoms with Gasteiger partial charge in [-0.05, 0) is 44.4 Å². The van der Waals surface area contributed by atoms with E-state index < -0.39 is 0 Å². The lowest BCUT2D eigenvalue weighted by molar-refractivity contribution is -0.151. The Labute approximate surface area is 208 Å². The number of hydrogen-bond donors (Lipinski definition) is 0. The lowest BCUT2D eigenvalue weighted by Gasteiger charge is -2.23. The third-order valence-electron chi connectivity index (χ3n) is 7.74. The molecule has 0 saturated heterocycles. The monoisotopic (exact) mass is 464 g/mol. The normalized spacial score (nSPS) is 15.6. The van der Waals surface area contributed by atoms with Gasteiger partial charge in [0.2, 0.25) is 0 Å². The van der Waals surface area contributed by atoms with Crippen molar-refractivity contribution in [1.82, 2.24) is 0 Å². The van der Waals surface area contributed by atoms with Gasteiger partial charge in [0.15, 0.2) is 0 Å². The van der Waals surface area contributed by atoms with Crippen LogP contribution in [0.15, 0.2) is 0 Å². The highest BCUT2D eigenvalue weighted by Crippen LogP contribution is 2.25. The molecule has 1 fully saturated rings. The first kappa shape index (κ1) is 30.5. The van der Waals surface area contributed by atoms with Crippen molar-refractivity contribution in [2.45, 2.75) is 187 Å². The van der Waals surface area contributed by atoms with Crippen LogP contribution < -0.4 is 0 Å². The molecule has 1 rings (SSSR count). The minimum absolute atomic E-state index is 0.0959. The van der Waals surface area contributed by atoms with E-state index in [-0.39, 0.29) is 12.1 Å². The predicted molar refractivity (Wildman–Crippen MR) is 145 cm³/mol. The summed E-state index contributed by atoms with van der Waals surface area (Å²) in [6, 6.07) is 0. The Morgan fingerprint density at radius 3 is 1.42 bits per heavy atom. The van der Waals surface area contributed by atoms with Crippen molar-refractivity contribution in [2.75, 3.05) is 0 Å². The average Bonchev–Trinajstić information content (AvgIpc) is 2.82. The molecule has 0 amide bonds. The second-order valence-electron chi connectivity index (χ2n) is 11.1. The Kier molecular flexibility index (Phi) is 21.5. The smallest absolute Gasteiger partial charge is 0.306 e. The zero-order valence-electron chi connectivity index (χ0n) is 22.9. The van der Waals surface area contributed by atoms with Crippen molar-refractivity contribution in [3.8, 4) is 0 Å². The molecule has 0 heterocycles. The molecule has 196 valence electrons. The lowest BCUT2D eigenvalue weighted by atomic mass is 9.91. The van der Waals surface area contributed by atoms with Gasteiger partial charge in [-0.2, -0.15) is 0 Å². The Balaban J connectivity index is 2.19. The predicted octanol–water partition coefficient (Wildman–Crippen LogP) is 10.7. The summed E-state index contributed by atoms with van der Waals surface area (Å²) in [5.74, 6) is 0.647. The summed E-state index contributed by atoms with van der Waals surface area (Å²) in [4.78, 5) is 12.6. The van der Waals surface area contributed by atoms with Crippen LogP contribution in [-0.2, 0) is 9.53 Å². The molecule has 0 radical (unpaired) electrons. The average molecular weight is 465 g/mol. The molecule has 1 unspecified atom stereocenters. The number of rotatable bonds is 23. The van der Waals surface area contributed by atoms with E-state index >= 15 is 0 Å². The van der Waals surface area contributed by atoms with Crippen molar-refractivity contribution in [1.29, 1.82) is 0 Å². The van der Waals surface area contributed by atoms with Crippen LogP contribution >= 0.6 is 0 Å². The summed E-state index contributed by atoms with van der Waals surface area (Å²) in [5.41, 5.74) is 0. The second kappa shape index (κ2) is 23.2. The van der Waals surface area contributed by atoms with Crippen molar-refractivity contribution in [3.05, 3.63) is 0 Å². The standard InChI is InChI=1S/C31H60O2/c1-3-5-7-9-11-13-14-16-18-21-25-29(24-20-17-15-12-10-8-6-4-2)28-31(32)33-30-26-22-19-23-27-30/h29-30H,3-28H2,1-2H3. The number of carbonyl (C=O) groups is 1. The summed E-state index contributed by atoms with van der Waals surface area (Å²) in [7, 11) is 0. The minimum atomic E-state index is 0.0959. The quantitative estimate of drug-likeness (QED) is 0.111. The Hall–Kier alpha value is -0.530. The summed E-state index contributed by atoms with van der Waals surface area (Å²) in [6.45, 7) is 4.58. The van der Waals surface area contributed by atoms with Crippen LogP contribution in [0.4, 0.5) is 0 Å². The highest BCUT2D eigenvalue weighted by atomic mass is 16.5. The zero-order valence-corrected chi connectivity index (χ0v) is 22.9. The van der Waals surface area contributed by atoms with Crippen LogP contribution in [0.5, 0.6) is 0 Å². The maximum atomic E-state index is 12.6. The van der Waals surface area contributed by atoms with Gasteiger partial charge in [-0.3, -0.25) is 4.79 Å². The van der Waals surface area contributed by atoms with E-state index in [0.717, 1.165) is 12.8 Å². The highest BCUT2D eigenvalue weighted by Gasteiger charge is 2.20. The first-order valence-corrected chi connectivity index (χ1v) is 15.5. The fourth-order valence-electron chi connectivity index (χ4n) is 5.49. The topological polar surface area (TPSA) is 26.3 Å². The number of ether oxygens (including phenoxy) is 1. The molecular weight excluding hydrogens is 404 g/mol. The van der Waals surface area contributed by atoms with Gasteiger partial charge in [0.1, 0.15) is 6.10 Å². The molecule has 33 heavy (non-hydrogen) atoms. The van der Waals surface area contributed by atoms with E-state index in [1.807, 2.05) is 0 Å². The molecule has 0 N–H and O–H groups in total. The summed E-state index contributed by atoms with van der Waals surface area (Å²) < 4.78 is 5.86. The molecule has 1 aliphatic carbocycles. The summed E-state index contributed by atoms with van der Waals surface area (Å²) >= 11 is 0. The van der Waals surface area contributed by atoms with E-state index in [9.17, 15) is 4.79 Å². The number of hydrogen-bond acceptors (Lipinski definition) is 2. The minimum Gasteiger partial charge on any atom is -0.462 e. The molecule has 2 nitrogen and oxygen atoms in total. The molecular formula is C31H60O2. The van der Waals surface area contributed by atoms with Crippen molar-refractivity contribution in [3.63, 3.8) is 0 Å². The van der Waals surface area contributed by atoms with E-state index in [1.165, 1.54) is 148 Å². The van der Waals surface area contributed by atoms with E-state index in [0.29, 0.717) is 12.3 Å². The van der Waals surface area contributed by atoms with Crippen LogP contribution in [0.3, 0.4) is 0 Å². The molecule has 0 aromatic rings. The molecule has 1 saturated carbocycles. The van der Waals surface area contributed by atoms with E-state index in [4.69, 9.17) is 4.74 Å². The van der Waals surface area contributed by atoms with Gasteiger partial charge in [-0.1, -0.05) is 136 Å². The fourth-order valence-corrected chi connectivity index (χ4v) is 5.49. The summed E-state index contributed by atoms with van der Waals surface area (Å²) in [6.07, 6.45) is 34.1. The van der Waals surface area contributed by atoms with Crippen LogP contribution in [-0.4, -0.2) is 12.1 Å². The maximum absolute atomic E-state index is 12.6. The first-order valence-electron chi connectivity index (χ1n) is 15.5. The third kappa shape index (κ3) is 19.5. The lowest BCUT2D eigenvalue weighted by Crippen LogP contribution is -2.22. The Morgan fingerprint density at radius 2 is 1.00 bits per heavy atom. The third-order valence-corrected chi connectivity index (χ3v) is 7.74. The SMILES string of the molecule is CCCCCCCCCCCCC(CCCCCCCCCC)CC(=O)OC1CCCCC1.